The molecular weight excluding hydrogens is 442 g/mol. The molecule has 1 saturated carbocycles. The third kappa shape index (κ3) is 7.42. The third-order valence-corrected chi connectivity index (χ3v) is 7.69. The monoisotopic (exact) mass is 483 g/mol. The minimum Gasteiger partial charge on any atom is -0.483 e. The molecule has 1 amide bonds. The number of nitriles is 1. The summed E-state index contributed by atoms with van der Waals surface area (Å²) in [5, 5.41) is 12.3. The number of carbonyl (C=O) groups excluding carboxylic acids is 1. The van der Waals surface area contributed by atoms with Gasteiger partial charge in [-0.3, -0.25) is 4.79 Å². The molecule has 1 aliphatic carbocycles. The largest absolute Gasteiger partial charge is 0.483 e. The maximum absolute atomic E-state index is 13.3. The second-order valence-corrected chi connectivity index (χ2v) is 10.1. The van der Waals surface area contributed by atoms with Crippen molar-refractivity contribution in [1.82, 2.24) is 10.2 Å². The molecule has 192 valence electrons. The summed E-state index contributed by atoms with van der Waals surface area (Å²) >= 11 is 0. The molecule has 1 N–H and O–H groups in total. The van der Waals surface area contributed by atoms with Crippen LogP contribution in [0, 0.1) is 11.3 Å². The van der Waals surface area contributed by atoms with Crippen LogP contribution in [0.5, 0.6) is 5.75 Å². The number of nitrogens with zero attached hydrogens (tertiary/aromatic N) is 2. The minimum absolute atomic E-state index is 0.0378. The van der Waals surface area contributed by atoms with Crippen LogP contribution in [0.1, 0.15) is 75.7 Å². The average molecular weight is 484 g/mol. The van der Waals surface area contributed by atoms with Gasteiger partial charge in [0.05, 0.1) is 24.8 Å². The fourth-order valence-electron chi connectivity index (χ4n) is 5.73. The molecule has 4 aliphatic rings. The van der Waals surface area contributed by atoms with E-state index in [9.17, 15) is 4.79 Å². The third-order valence-electron chi connectivity index (χ3n) is 7.69. The first-order chi connectivity index (χ1) is 17.3. The number of amides is 1. The van der Waals surface area contributed by atoms with E-state index in [4.69, 9.17) is 19.5 Å². The summed E-state index contributed by atoms with van der Waals surface area (Å²) in [5.74, 6) is 1.40. The Morgan fingerprint density at radius 1 is 1.09 bits per heavy atom. The zero-order chi connectivity index (χ0) is 24.3. The summed E-state index contributed by atoms with van der Waals surface area (Å²) in [6.07, 6.45) is 10.0. The molecule has 0 spiro atoms. The van der Waals surface area contributed by atoms with Crippen LogP contribution in [0.15, 0.2) is 24.3 Å². The SMILES string of the molecule is N#CCCCOCCCCN[C@H]1CCCN2C(=O)COc3ccccc3C3CCC(CC3)OC[C@@H]12. The zero-order valence-electron chi connectivity index (χ0n) is 21.0. The maximum atomic E-state index is 13.3. The molecule has 0 radical (unpaired) electrons. The molecule has 2 fully saturated rings. The van der Waals surface area contributed by atoms with Gasteiger partial charge in [-0.25, -0.2) is 0 Å². The lowest BCUT2D eigenvalue weighted by Gasteiger charge is -2.42. The number of benzene rings is 1. The molecule has 5 rings (SSSR count). The van der Waals surface area contributed by atoms with Gasteiger partial charge in [0.25, 0.3) is 5.91 Å². The van der Waals surface area contributed by atoms with Gasteiger partial charge in [0.15, 0.2) is 6.61 Å². The van der Waals surface area contributed by atoms with Crippen molar-refractivity contribution in [2.75, 3.05) is 39.5 Å². The van der Waals surface area contributed by atoms with Crippen LogP contribution in [0.3, 0.4) is 0 Å². The van der Waals surface area contributed by atoms with Crippen LogP contribution in [0.4, 0.5) is 0 Å². The summed E-state index contributed by atoms with van der Waals surface area (Å²) in [6, 6.07) is 10.7. The number of piperidine rings is 1. The molecule has 2 bridgehead atoms. The highest BCUT2D eigenvalue weighted by atomic mass is 16.5. The molecule has 0 aromatic heterocycles. The topological polar surface area (TPSA) is 83.8 Å². The maximum Gasteiger partial charge on any atom is 0.260 e. The molecule has 1 aromatic carbocycles. The van der Waals surface area contributed by atoms with Crippen molar-refractivity contribution in [2.45, 2.75) is 88.3 Å². The number of hydrogen-bond acceptors (Lipinski definition) is 6. The van der Waals surface area contributed by atoms with Crippen molar-refractivity contribution in [1.29, 1.82) is 5.26 Å². The van der Waals surface area contributed by atoms with Crippen molar-refractivity contribution in [3.05, 3.63) is 29.8 Å². The first-order valence-corrected chi connectivity index (χ1v) is 13.6. The Labute approximate surface area is 210 Å². The summed E-state index contributed by atoms with van der Waals surface area (Å²) in [7, 11) is 0. The second kappa shape index (κ2) is 13.8. The number of ether oxygens (including phenoxy) is 3. The number of hydrogen-bond donors (Lipinski definition) is 1. The number of unbranched alkanes of at least 4 members (excludes halogenated alkanes) is 2. The average Bonchev–Trinajstić information content (AvgIpc) is 2.91. The molecule has 3 heterocycles. The quantitative estimate of drug-likeness (QED) is 0.531. The van der Waals surface area contributed by atoms with E-state index in [0.717, 1.165) is 83.2 Å². The molecule has 35 heavy (non-hydrogen) atoms. The van der Waals surface area contributed by atoms with Gasteiger partial charge >= 0.3 is 0 Å². The van der Waals surface area contributed by atoms with Crippen molar-refractivity contribution < 1.29 is 19.0 Å². The van der Waals surface area contributed by atoms with Gasteiger partial charge in [-0.15, -0.1) is 0 Å². The van der Waals surface area contributed by atoms with E-state index in [1.807, 2.05) is 17.0 Å². The van der Waals surface area contributed by atoms with Crippen molar-refractivity contribution >= 4 is 5.91 Å². The van der Waals surface area contributed by atoms with Crippen LogP contribution in [-0.2, 0) is 14.3 Å². The molecule has 2 atom stereocenters. The van der Waals surface area contributed by atoms with E-state index in [-0.39, 0.29) is 30.7 Å². The van der Waals surface area contributed by atoms with E-state index in [1.165, 1.54) is 5.56 Å². The van der Waals surface area contributed by atoms with Gasteiger partial charge < -0.3 is 24.4 Å². The van der Waals surface area contributed by atoms with Gasteiger partial charge in [-0.2, -0.15) is 5.26 Å². The highest BCUT2D eigenvalue weighted by molar-refractivity contribution is 5.78. The highest BCUT2D eigenvalue weighted by Crippen LogP contribution is 2.38. The molecule has 7 heteroatoms. The summed E-state index contributed by atoms with van der Waals surface area (Å²) in [6.45, 7) is 3.73. The second-order valence-electron chi connectivity index (χ2n) is 10.1. The molecule has 3 aliphatic heterocycles. The predicted molar refractivity (Wildman–Crippen MR) is 134 cm³/mol. The first-order valence-electron chi connectivity index (χ1n) is 13.6. The number of fused-ring (bicyclic) bond motifs is 5. The Balaban J connectivity index is 1.34. The van der Waals surface area contributed by atoms with Gasteiger partial charge in [-0.1, -0.05) is 18.2 Å². The van der Waals surface area contributed by atoms with E-state index >= 15 is 0 Å². The highest BCUT2D eigenvalue weighted by Gasteiger charge is 2.36. The first kappa shape index (κ1) is 25.9. The van der Waals surface area contributed by atoms with Crippen LogP contribution < -0.4 is 10.1 Å². The van der Waals surface area contributed by atoms with E-state index in [1.54, 1.807) is 0 Å². The van der Waals surface area contributed by atoms with Crippen LogP contribution in [0.25, 0.3) is 0 Å². The number of para-hydroxylation sites is 1. The van der Waals surface area contributed by atoms with E-state index in [0.29, 0.717) is 25.6 Å². The normalized spacial score (nSPS) is 26.9. The van der Waals surface area contributed by atoms with Gasteiger partial charge in [-0.05, 0) is 81.9 Å². The zero-order valence-corrected chi connectivity index (χ0v) is 21.0. The predicted octanol–water partition coefficient (Wildman–Crippen LogP) is 4.17. The van der Waals surface area contributed by atoms with Gasteiger partial charge in [0.1, 0.15) is 5.75 Å². The Morgan fingerprint density at radius 3 is 2.77 bits per heavy atom. The minimum atomic E-state index is 0.0378. The van der Waals surface area contributed by atoms with Gasteiger partial charge in [0.2, 0.25) is 0 Å². The van der Waals surface area contributed by atoms with Gasteiger partial charge in [0, 0.05) is 32.2 Å². The fraction of sp³-hybridized carbons (Fsp3) is 0.714. The lowest BCUT2D eigenvalue weighted by Crippen LogP contribution is -2.59. The summed E-state index contributed by atoms with van der Waals surface area (Å²) < 4.78 is 18.2. The Bertz CT molecular complexity index is 834. The van der Waals surface area contributed by atoms with E-state index in [2.05, 4.69) is 23.5 Å². The molecule has 1 aromatic rings. The Morgan fingerprint density at radius 2 is 1.91 bits per heavy atom. The van der Waals surface area contributed by atoms with Crippen LogP contribution >= 0.6 is 0 Å². The molecular formula is C28H41N3O4. The molecule has 0 unspecified atom stereocenters. The summed E-state index contributed by atoms with van der Waals surface area (Å²) in [5.41, 5.74) is 1.24. The fourth-order valence-corrected chi connectivity index (χ4v) is 5.73. The Hall–Kier alpha value is -2.14. The standard InChI is InChI=1S/C28H41N3O4/c29-15-3-5-18-33-19-6-4-16-30-25-9-7-17-31-26(25)20-34-23-13-11-22(12-14-23)24-8-1-2-10-27(24)35-21-28(31)32/h1-2,8,10,22-23,25-26,30H,3-7,9,11-14,16-21H2/t22?,23?,25-,26-/m0/s1. The molecule has 1 saturated heterocycles. The summed E-state index contributed by atoms with van der Waals surface area (Å²) in [4.78, 5) is 15.3. The lowest BCUT2D eigenvalue weighted by molar-refractivity contribution is -0.140. The van der Waals surface area contributed by atoms with Crippen molar-refractivity contribution in [3.63, 3.8) is 0 Å². The van der Waals surface area contributed by atoms with Crippen LogP contribution in [0.2, 0.25) is 0 Å². The number of carbonyl (C=O) groups is 1. The van der Waals surface area contributed by atoms with Crippen molar-refractivity contribution in [3.8, 4) is 11.8 Å². The Kier molecular flexibility index (Phi) is 10.2. The molecule has 7 nitrogen and oxygen atoms in total. The number of rotatable bonds is 9. The smallest absolute Gasteiger partial charge is 0.260 e. The number of nitrogens with one attached hydrogen (secondary N) is 1. The van der Waals surface area contributed by atoms with Crippen LogP contribution in [-0.4, -0.2) is 68.5 Å². The van der Waals surface area contributed by atoms with E-state index < -0.39 is 0 Å². The lowest BCUT2D eigenvalue weighted by atomic mass is 9.82. The van der Waals surface area contributed by atoms with Crippen molar-refractivity contribution in [2.24, 2.45) is 0 Å².